The molecule has 0 fully saturated rings. The smallest absolute Gasteiger partial charge is 0.143 e. The molecule has 0 aliphatic heterocycles. The van der Waals surface area contributed by atoms with Gasteiger partial charge in [-0.2, -0.15) is 0 Å². The van der Waals surface area contributed by atoms with Gasteiger partial charge in [-0.05, 0) is 13.0 Å². The normalized spacial score (nSPS) is 13.5. The Morgan fingerprint density at radius 1 is 1.67 bits per heavy atom. The topological polar surface area (TPSA) is 37.5 Å². The Morgan fingerprint density at radius 3 is 3.25 bits per heavy atom. The van der Waals surface area contributed by atoms with E-state index < -0.39 is 6.10 Å². The molecule has 0 amide bonds. The van der Waals surface area contributed by atoms with E-state index in [4.69, 9.17) is 0 Å². The van der Waals surface area contributed by atoms with Gasteiger partial charge in [0.2, 0.25) is 0 Å². The van der Waals surface area contributed by atoms with Gasteiger partial charge in [0.15, 0.2) is 0 Å². The summed E-state index contributed by atoms with van der Waals surface area (Å²) >= 11 is 0. The van der Waals surface area contributed by atoms with Crippen LogP contribution < -0.4 is 0 Å². The molecule has 0 bridgehead atoms. The van der Waals surface area contributed by atoms with Crippen LogP contribution in [0.5, 0.6) is 0 Å². The fourth-order valence-corrected chi connectivity index (χ4v) is 1.24. The van der Waals surface area contributed by atoms with Gasteiger partial charge in [-0.25, -0.2) is 4.98 Å². The first kappa shape index (κ1) is 7.31. The first-order chi connectivity index (χ1) is 5.79. The maximum atomic E-state index is 9.37. The highest BCUT2D eigenvalue weighted by Gasteiger charge is 2.06. The molecule has 1 N–H and O–H groups in total. The van der Waals surface area contributed by atoms with E-state index in [9.17, 15) is 5.11 Å². The summed E-state index contributed by atoms with van der Waals surface area (Å²) in [6, 6.07) is 3.74. The van der Waals surface area contributed by atoms with Crippen LogP contribution in [0.2, 0.25) is 0 Å². The fourth-order valence-electron chi connectivity index (χ4n) is 1.24. The van der Waals surface area contributed by atoms with Gasteiger partial charge in [-0.3, -0.25) is 0 Å². The number of nitrogens with zero attached hydrogens (tertiary/aromatic N) is 2. The number of aliphatic hydroxyl groups excluding tert-OH is 1. The average molecular weight is 161 g/mol. The summed E-state index contributed by atoms with van der Waals surface area (Å²) in [4.78, 5) is 4.02. The van der Waals surface area contributed by atoms with Crippen molar-refractivity contribution in [3.63, 3.8) is 0 Å². The molecule has 0 aromatic carbocycles. The molecule has 0 aliphatic carbocycles. The quantitative estimate of drug-likeness (QED) is 0.682. The third-order valence-electron chi connectivity index (χ3n) is 1.84. The maximum absolute atomic E-state index is 9.37. The van der Waals surface area contributed by atoms with Gasteiger partial charge in [0, 0.05) is 18.0 Å². The summed E-state index contributed by atoms with van der Waals surface area (Å²) in [7, 11) is 0. The third kappa shape index (κ3) is 0.987. The van der Waals surface area contributed by atoms with Crippen molar-refractivity contribution in [2.24, 2.45) is 0 Å². The van der Waals surface area contributed by atoms with Crippen LogP contribution in [0.15, 0.2) is 24.5 Å². The van der Waals surface area contributed by atoms with Crippen LogP contribution in [0.3, 0.4) is 0 Å². The second-order valence-corrected chi connectivity index (χ2v) is 2.74. The average Bonchev–Trinajstić information content (AvgIpc) is 2.49. The van der Waals surface area contributed by atoms with E-state index in [2.05, 4.69) is 11.2 Å². The van der Waals surface area contributed by atoms with Crippen molar-refractivity contribution in [1.82, 2.24) is 9.38 Å². The number of aromatic nitrogens is 2. The van der Waals surface area contributed by atoms with E-state index in [0.29, 0.717) is 0 Å². The van der Waals surface area contributed by atoms with Crippen LogP contribution in [0, 0.1) is 6.20 Å². The molecular formula is C9H9N2O. The Kier molecular flexibility index (Phi) is 1.59. The van der Waals surface area contributed by atoms with E-state index in [1.165, 1.54) is 0 Å². The van der Waals surface area contributed by atoms with Crippen molar-refractivity contribution in [2.45, 2.75) is 13.0 Å². The molecule has 2 heterocycles. The first-order valence-corrected chi connectivity index (χ1v) is 3.81. The van der Waals surface area contributed by atoms with Gasteiger partial charge in [0.05, 0.1) is 6.10 Å². The van der Waals surface area contributed by atoms with Crippen LogP contribution in [-0.2, 0) is 0 Å². The first-order valence-electron chi connectivity index (χ1n) is 3.81. The van der Waals surface area contributed by atoms with Gasteiger partial charge < -0.3 is 9.51 Å². The van der Waals surface area contributed by atoms with Crippen molar-refractivity contribution in [1.29, 1.82) is 0 Å². The molecule has 1 radical (unpaired) electrons. The lowest BCUT2D eigenvalue weighted by Crippen LogP contribution is -1.95. The Hall–Kier alpha value is -1.35. The summed E-state index contributed by atoms with van der Waals surface area (Å²) in [5.74, 6) is 0. The highest BCUT2D eigenvalue weighted by atomic mass is 16.3. The summed E-state index contributed by atoms with van der Waals surface area (Å²) in [6.45, 7) is 1.73. The van der Waals surface area contributed by atoms with Crippen LogP contribution in [0.1, 0.15) is 18.6 Å². The lowest BCUT2D eigenvalue weighted by molar-refractivity contribution is 0.200. The van der Waals surface area contributed by atoms with E-state index in [-0.39, 0.29) is 0 Å². The lowest BCUT2D eigenvalue weighted by atomic mass is 10.2. The predicted octanol–water partition coefficient (Wildman–Crippen LogP) is 1.19. The summed E-state index contributed by atoms with van der Waals surface area (Å²) in [5.41, 5.74) is 1.60. The monoisotopic (exact) mass is 161 g/mol. The van der Waals surface area contributed by atoms with Gasteiger partial charge in [0.1, 0.15) is 11.8 Å². The van der Waals surface area contributed by atoms with Gasteiger partial charge in [0.25, 0.3) is 0 Å². The SMILES string of the molecule is C[C@H](O)c1cccn2c[c]nc12. The Morgan fingerprint density at radius 2 is 2.50 bits per heavy atom. The molecule has 0 unspecified atom stereocenters. The maximum Gasteiger partial charge on any atom is 0.143 e. The second kappa shape index (κ2) is 2.60. The molecule has 1 atom stereocenters. The highest BCUT2D eigenvalue weighted by Crippen LogP contribution is 2.16. The molecule has 0 spiro atoms. The minimum atomic E-state index is -0.482. The molecular weight excluding hydrogens is 152 g/mol. The largest absolute Gasteiger partial charge is 0.389 e. The van der Waals surface area contributed by atoms with Gasteiger partial charge >= 0.3 is 0 Å². The molecule has 0 aliphatic rings. The number of aliphatic hydroxyl groups is 1. The molecule has 3 nitrogen and oxygen atoms in total. The molecule has 0 saturated heterocycles. The number of imidazole rings is 1. The summed E-state index contributed by atoms with van der Waals surface area (Å²) in [6.07, 6.45) is 5.87. The van der Waals surface area contributed by atoms with Gasteiger partial charge in [-0.15, -0.1) is 0 Å². The summed E-state index contributed by atoms with van der Waals surface area (Å²) in [5, 5.41) is 9.37. The molecule has 2 aromatic heterocycles. The Labute approximate surface area is 70.3 Å². The Bertz CT molecular complexity index is 392. The van der Waals surface area contributed by atoms with Crippen molar-refractivity contribution in [3.05, 3.63) is 36.3 Å². The van der Waals surface area contributed by atoms with Gasteiger partial charge in [-0.1, -0.05) is 6.07 Å². The molecule has 61 valence electrons. The predicted molar refractivity (Wildman–Crippen MR) is 44.7 cm³/mol. The zero-order valence-electron chi connectivity index (χ0n) is 6.73. The van der Waals surface area contributed by atoms with Crippen LogP contribution in [-0.4, -0.2) is 14.5 Å². The third-order valence-corrected chi connectivity index (χ3v) is 1.84. The minimum Gasteiger partial charge on any atom is -0.389 e. The summed E-state index contributed by atoms with van der Waals surface area (Å²) < 4.78 is 1.84. The molecule has 3 heteroatoms. The van der Waals surface area contributed by atoms with E-state index >= 15 is 0 Å². The second-order valence-electron chi connectivity index (χ2n) is 2.74. The van der Waals surface area contributed by atoms with E-state index in [1.54, 1.807) is 13.1 Å². The molecule has 2 rings (SSSR count). The van der Waals surface area contributed by atoms with Crippen molar-refractivity contribution < 1.29 is 5.11 Å². The highest BCUT2D eigenvalue weighted by molar-refractivity contribution is 5.48. The van der Waals surface area contributed by atoms with Crippen molar-refractivity contribution >= 4 is 5.65 Å². The van der Waals surface area contributed by atoms with Crippen molar-refractivity contribution in [3.8, 4) is 0 Å². The number of pyridine rings is 1. The van der Waals surface area contributed by atoms with Crippen LogP contribution >= 0.6 is 0 Å². The van der Waals surface area contributed by atoms with E-state index in [0.717, 1.165) is 11.2 Å². The number of rotatable bonds is 1. The molecule has 2 aromatic rings. The number of hydrogen-bond acceptors (Lipinski definition) is 2. The number of fused-ring (bicyclic) bond motifs is 1. The fraction of sp³-hybridized carbons (Fsp3) is 0.222. The standard InChI is InChI=1S/C9H9N2O/c1-7(12)8-3-2-5-11-6-4-10-9(8)11/h2-3,5-7,12H,1H3/t7-/m0/s1. The Balaban J connectivity index is 2.73. The number of hydrogen-bond donors (Lipinski definition) is 1. The molecule has 0 saturated carbocycles. The van der Waals surface area contributed by atoms with Crippen LogP contribution in [0.4, 0.5) is 0 Å². The lowest BCUT2D eigenvalue weighted by Gasteiger charge is -2.04. The van der Waals surface area contributed by atoms with Crippen LogP contribution in [0.25, 0.3) is 5.65 Å². The van der Waals surface area contributed by atoms with Crippen molar-refractivity contribution in [2.75, 3.05) is 0 Å². The minimum absolute atomic E-state index is 0.482. The zero-order chi connectivity index (χ0) is 8.55. The zero-order valence-corrected chi connectivity index (χ0v) is 6.73. The molecule has 12 heavy (non-hydrogen) atoms. The van der Waals surface area contributed by atoms with E-state index in [1.807, 2.05) is 22.7 Å².